The largest absolute Gasteiger partial charge is 0.491 e. The van der Waals surface area contributed by atoms with E-state index < -0.39 is 0 Å². The van der Waals surface area contributed by atoms with Crippen molar-refractivity contribution in [3.05, 3.63) is 23.8 Å². The number of hydrogen-bond donors (Lipinski definition) is 1. The van der Waals surface area contributed by atoms with Crippen LogP contribution in [0.1, 0.15) is 19.4 Å². The summed E-state index contributed by atoms with van der Waals surface area (Å²) in [5.41, 5.74) is 7.09. The van der Waals surface area contributed by atoms with Crippen molar-refractivity contribution >= 4 is 11.7 Å². The molecule has 0 aromatic heterocycles. The van der Waals surface area contributed by atoms with Crippen molar-refractivity contribution in [3.63, 3.8) is 0 Å². The topological polar surface area (TPSA) is 61.5 Å². The monoisotopic (exact) mass is 223 g/mol. The Morgan fingerprint density at radius 2 is 2.06 bits per heavy atom. The first kappa shape index (κ1) is 12.4. The molecule has 0 aliphatic heterocycles. The van der Waals surface area contributed by atoms with Crippen molar-refractivity contribution in [1.82, 2.24) is 0 Å². The quantitative estimate of drug-likeness (QED) is 0.624. The SMILES string of the molecule is COC(=O)Cc1cc(N)cc(OC(C)C)c1. The van der Waals surface area contributed by atoms with Gasteiger partial charge in [0.2, 0.25) is 0 Å². The number of rotatable bonds is 4. The van der Waals surface area contributed by atoms with Crippen LogP contribution in [0.5, 0.6) is 5.75 Å². The first-order valence-corrected chi connectivity index (χ1v) is 5.14. The van der Waals surface area contributed by atoms with Gasteiger partial charge in [-0.05, 0) is 31.5 Å². The highest BCUT2D eigenvalue weighted by Crippen LogP contribution is 2.20. The number of carbonyl (C=O) groups excluding carboxylic acids is 1. The Morgan fingerprint density at radius 3 is 2.62 bits per heavy atom. The summed E-state index contributed by atoms with van der Waals surface area (Å²) < 4.78 is 10.1. The minimum absolute atomic E-state index is 0.0766. The molecule has 0 aliphatic carbocycles. The van der Waals surface area contributed by atoms with Gasteiger partial charge >= 0.3 is 5.97 Å². The second-order valence-corrected chi connectivity index (χ2v) is 3.83. The first-order valence-electron chi connectivity index (χ1n) is 5.14. The molecular formula is C12H17NO3. The van der Waals surface area contributed by atoms with E-state index in [0.717, 1.165) is 5.56 Å². The summed E-state index contributed by atoms with van der Waals surface area (Å²) in [5.74, 6) is 0.384. The number of hydrogen-bond acceptors (Lipinski definition) is 4. The highest BCUT2D eigenvalue weighted by atomic mass is 16.5. The number of esters is 1. The van der Waals surface area contributed by atoms with Gasteiger partial charge in [-0.15, -0.1) is 0 Å². The maximum atomic E-state index is 11.1. The van der Waals surface area contributed by atoms with E-state index in [1.807, 2.05) is 13.8 Å². The fourth-order valence-corrected chi connectivity index (χ4v) is 1.37. The van der Waals surface area contributed by atoms with E-state index in [2.05, 4.69) is 4.74 Å². The maximum Gasteiger partial charge on any atom is 0.309 e. The average Bonchev–Trinajstić information content (AvgIpc) is 2.15. The number of carbonyl (C=O) groups is 1. The third-order valence-electron chi connectivity index (χ3n) is 1.94. The zero-order chi connectivity index (χ0) is 12.1. The molecule has 88 valence electrons. The lowest BCUT2D eigenvalue weighted by Crippen LogP contribution is -2.08. The van der Waals surface area contributed by atoms with E-state index >= 15 is 0 Å². The Bertz CT molecular complexity index is 375. The molecule has 16 heavy (non-hydrogen) atoms. The van der Waals surface area contributed by atoms with Crippen molar-refractivity contribution in [2.24, 2.45) is 0 Å². The molecule has 1 rings (SSSR count). The summed E-state index contributed by atoms with van der Waals surface area (Å²) in [6.07, 6.45) is 0.281. The molecule has 4 heteroatoms. The number of ether oxygens (including phenoxy) is 2. The van der Waals surface area contributed by atoms with E-state index in [9.17, 15) is 4.79 Å². The zero-order valence-electron chi connectivity index (χ0n) is 9.82. The molecule has 0 fully saturated rings. The molecule has 0 saturated heterocycles. The van der Waals surface area contributed by atoms with Gasteiger partial charge in [-0.1, -0.05) is 0 Å². The van der Waals surface area contributed by atoms with E-state index in [1.165, 1.54) is 7.11 Å². The fraction of sp³-hybridized carbons (Fsp3) is 0.417. The molecule has 0 unspecified atom stereocenters. The molecule has 0 bridgehead atoms. The van der Waals surface area contributed by atoms with Crippen LogP contribution in [-0.4, -0.2) is 19.2 Å². The molecule has 0 saturated carbocycles. The number of benzene rings is 1. The molecule has 1 aromatic rings. The smallest absolute Gasteiger partial charge is 0.309 e. The first-order chi connectivity index (χ1) is 7.51. The third kappa shape index (κ3) is 3.81. The second kappa shape index (κ2) is 5.39. The normalized spacial score (nSPS) is 10.2. The zero-order valence-corrected chi connectivity index (χ0v) is 9.82. The Balaban J connectivity index is 2.85. The highest BCUT2D eigenvalue weighted by molar-refractivity contribution is 5.73. The number of nitrogens with two attached hydrogens (primary N) is 1. The van der Waals surface area contributed by atoms with Crippen LogP contribution in [0.4, 0.5) is 5.69 Å². The van der Waals surface area contributed by atoms with E-state index in [0.29, 0.717) is 11.4 Å². The van der Waals surface area contributed by atoms with Gasteiger partial charge in [-0.25, -0.2) is 0 Å². The van der Waals surface area contributed by atoms with Gasteiger partial charge < -0.3 is 15.2 Å². The van der Waals surface area contributed by atoms with E-state index in [1.54, 1.807) is 18.2 Å². The van der Waals surface area contributed by atoms with Gasteiger partial charge in [0.1, 0.15) is 5.75 Å². The fourth-order valence-electron chi connectivity index (χ4n) is 1.37. The summed E-state index contributed by atoms with van der Waals surface area (Å²) in [6, 6.07) is 5.28. The molecule has 0 aliphatic rings. The Hall–Kier alpha value is -1.71. The number of methoxy groups -OCH3 is 1. The van der Waals surface area contributed by atoms with Crippen LogP contribution in [0.3, 0.4) is 0 Å². The summed E-state index contributed by atoms with van der Waals surface area (Å²) in [7, 11) is 1.36. The Kier molecular flexibility index (Phi) is 4.17. The van der Waals surface area contributed by atoms with Crippen molar-refractivity contribution in [1.29, 1.82) is 0 Å². The van der Waals surface area contributed by atoms with Crippen LogP contribution < -0.4 is 10.5 Å². The van der Waals surface area contributed by atoms with Gasteiger partial charge in [0.15, 0.2) is 0 Å². The van der Waals surface area contributed by atoms with Gasteiger partial charge in [-0.3, -0.25) is 4.79 Å². The Labute approximate surface area is 95.3 Å². The molecule has 0 radical (unpaired) electrons. The van der Waals surface area contributed by atoms with Crippen LogP contribution in [0.15, 0.2) is 18.2 Å². The lowest BCUT2D eigenvalue weighted by molar-refractivity contribution is -0.139. The predicted molar refractivity (Wildman–Crippen MR) is 62.3 cm³/mol. The standard InChI is InChI=1S/C12H17NO3/c1-8(2)16-11-5-9(4-10(13)7-11)6-12(14)15-3/h4-5,7-8H,6,13H2,1-3H3. The van der Waals surface area contributed by atoms with Crippen molar-refractivity contribution in [3.8, 4) is 5.75 Å². The van der Waals surface area contributed by atoms with E-state index in [-0.39, 0.29) is 18.5 Å². The van der Waals surface area contributed by atoms with E-state index in [4.69, 9.17) is 10.5 Å². The molecule has 0 atom stereocenters. The van der Waals surface area contributed by atoms with Gasteiger partial charge in [0.25, 0.3) is 0 Å². The van der Waals surface area contributed by atoms with Crippen molar-refractivity contribution in [2.75, 3.05) is 12.8 Å². The van der Waals surface area contributed by atoms with Crippen molar-refractivity contribution in [2.45, 2.75) is 26.4 Å². The Morgan fingerprint density at radius 1 is 1.38 bits per heavy atom. The second-order valence-electron chi connectivity index (χ2n) is 3.83. The molecule has 2 N–H and O–H groups in total. The van der Waals surface area contributed by atoms with Crippen LogP contribution in [-0.2, 0) is 16.0 Å². The number of nitrogen functional groups attached to an aromatic ring is 1. The predicted octanol–water partition coefficient (Wildman–Crippen LogP) is 1.77. The van der Waals surface area contributed by atoms with Crippen LogP contribution in [0.2, 0.25) is 0 Å². The minimum Gasteiger partial charge on any atom is -0.491 e. The molecule has 0 heterocycles. The molecular weight excluding hydrogens is 206 g/mol. The third-order valence-corrected chi connectivity index (χ3v) is 1.94. The van der Waals surface area contributed by atoms with Gasteiger partial charge in [0.05, 0.1) is 19.6 Å². The van der Waals surface area contributed by atoms with Crippen LogP contribution in [0.25, 0.3) is 0 Å². The minimum atomic E-state index is -0.291. The lowest BCUT2D eigenvalue weighted by Gasteiger charge is -2.11. The van der Waals surface area contributed by atoms with Crippen LogP contribution in [0, 0.1) is 0 Å². The van der Waals surface area contributed by atoms with Gasteiger partial charge in [-0.2, -0.15) is 0 Å². The van der Waals surface area contributed by atoms with Gasteiger partial charge in [0, 0.05) is 11.8 Å². The summed E-state index contributed by atoms with van der Waals surface area (Å²) in [4.78, 5) is 11.1. The summed E-state index contributed by atoms with van der Waals surface area (Å²) in [5, 5.41) is 0. The number of anilines is 1. The molecule has 1 aromatic carbocycles. The average molecular weight is 223 g/mol. The van der Waals surface area contributed by atoms with Crippen LogP contribution >= 0.6 is 0 Å². The highest BCUT2D eigenvalue weighted by Gasteiger charge is 2.06. The van der Waals surface area contributed by atoms with Crippen molar-refractivity contribution < 1.29 is 14.3 Å². The summed E-state index contributed by atoms with van der Waals surface area (Å²) >= 11 is 0. The summed E-state index contributed by atoms with van der Waals surface area (Å²) in [6.45, 7) is 3.87. The molecule has 0 spiro atoms. The molecule has 4 nitrogen and oxygen atoms in total. The lowest BCUT2D eigenvalue weighted by atomic mass is 10.1. The molecule has 0 amide bonds. The maximum absolute atomic E-state index is 11.1.